The fraction of sp³-hybridized carbons (Fsp3) is 0.118. The molecule has 1 spiro atoms. The van der Waals surface area contributed by atoms with Gasteiger partial charge in [-0.05, 0) is 74.5 Å². The van der Waals surface area contributed by atoms with E-state index in [9.17, 15) is 0 Å². The molecule has 1 saturated carbocycles. The van der Waals surface area contributed by atoms with Crippen molar-refractivity contribution >= 4 is 0 Å². The Bertz CT molecular complexity index is 2620. The maximum atomic E-state index is 5.32. The fourth-order valence-electron chi connectivity index (χ4n) is 9.09. The zero-order valence-corrected chi connectivity index (χ0v) is 30.1. The van der Waals surface area contributed by atoms with Crippen LogP contribution < -0.4 is 0 Å². The molecule has 0 saturated heterocycles. The maximum Gasteiger partial charge on any atom is 0.164 e. The summed E-state index contributed by atoms with van der Waals surface area (Å²) in [7, 11) is 0. The number of fused-ring (bicyclic) bond motifs is 5. The van der Waals surface area contributed by atoms with Gasteiger partial charge < -0.3 is 0 Å². The topological polar surface area (TPSA) is 38.7 Å². The summed E-state index contributed by atoms with van der Waals surface area (Å²) in [5.74, 6) is 1.97. The summed E-state index contributed by atoms with van der Waals surface area (Å²) in [4.78, 5) is 15.7. The first kappa shape index (κ1) is 32.2. The summed E-state index contributed by atoms with van der Waals surface area (Å²) >= 11 is 0. The van der Waals surface area contributed by atoms with Gasteiger partial charge in [-0.1, -0.05) is 189 Å². The van der Waals surface area contributed by atoms with Gasteiger partial charge in [-0.3, -0.25) is 0 Å². The molecule has 0 bridgehead atoms. The highest BCUT2D eigenvalue weighted by Crippen LogP contribution is 2.58. The number of aromatic nitrogens is 3. The summed E-state index contributed by atoms with van der Waals surface area (Å²) in [6.45, 7) is 0. The van der Waals surface area contributed by atoms with Crippen molar-refractivity contribution in [2.45, 2.75) is 37.5 Å². The van der Waals surface area contributed by atoms with Gasteiger partial charge in [0.25, 0.3) is 0 Å². The molecule has 54 heavy (non-hydrogen) atoms. The van der Waals surface area contributed by atoms with Crippen molar-refractivity contribution in [2.75, 3.05) is 0 Å². The van der Waals surface area contributed by atoms with Crippen molar-refractivity contribution < 1.29 is 0 Å². The first-order valence-electron chi connectivity index (χ1n) is 19.2. The van der Waals surface area contributed by atoms with E-state index in [1.807, 2.05) is 18.2 Å². The van der Waals surface area contributed by atoms with E-state index >= 15 is 0 Å². The molecule has 1 fully saturated rings. The summed E-state index contributed by atoms with van der Waals surface area (Å²) in [6.07, 6.45) is 6.25. The summed E-state index contributed by atoms with van der Waals surface area (Å²) in [6, 6.07) is 62.8. The molecular formula is C51H39N3. The van der Waals surface area contributed by atoms with Crippen LogP contribution in [-0.4, -0.2) is 15.0 Å². The molecule has 3 nitrogen and oxygen atoms in total. The molecule has 0 atom stereocenters. The van der Waals surface area contributed by atoms with Gasteiger partial charge in [0.15, 0.2) is 17.5 Å². The van der Waals surface area contributed by atoms with Crippen molar-refractivity contribution in [1.82, 2.24) is 15.0 Å². The second-order valence-corrected chi connectivity index (χ2v) is 14.6. The van der Waals surface area contributed by atoms with Gasteiger partial charge in [0.05, 0.1) is 0 Å². The third-order valence-electron chi connectivity index (χ3n) is 11.6. The molecule has 1 aromatic heterocycles. The molecule has 2 aliphatic rings. The van der Waals surface area contributed by atoms with Crippen LogP contribution in [0.1, 0.15) is 43.2 Å². The molecule has 10 rings (SSSR count). The van der Waals surface area contributed by atoms with Gasteiger partial charge in [-0.2, -0.15) is 0 Å². The largest absolute Gasteiger partial charge is 0.208 e. The van der Waals surface area contributed by atoms with Crippen molar-refractivity contribution in [2.24, 2.45) is 0 Å². The van der Waals surface area contributed by atoms with Gasteiger partial charge in [0.2, 0.25) is 0 Å². The highest BCUT2D eigenvalue weighted by atomic mass is 15.0. The lowest BCUT2D eigenvalue weighted by Crippen LogP contribution is -2.27. The van der Waals surface area contributed by atoms with Gasteiger partial charge >= 0.3 is 0 Å². The standard InChI is InChI=1S/C51H39N3/c1-5-18-35(19-6-1)39-31-30-38(34-44(39)36-20-7-2-8-21-36)49-52-48(37-22-9-3-10-23-37)53-50(54-49)42-25-12-11-24-40(42)41-27-17-29-46-47(41)43-26-13-14-28-45(43)51(46)32-15-4-16-33-51/h1-3,5-14,17-31,34H,4,15-16,32-33H2. The second-order valence-electron chi connectivity index (χ2n) is 14.6. The van der Waals surface area contributed by atoms with Gasteiger partial charge in [-0.15, -0.1) is 0 Å². The Labute approximate surface area is 317 Å². The van der Waals surface area contributed by atoms with Crippen molar-refractivity contribution in [3.05, 3.63) is 187 Å². The number of hydrogen-bond donors (Lipinski definition) is 0. The molecule has 2 aliphatic carbocycles. The Balaban J connectivity index is 1.17. The van der Waals surface area contributed by atoms with Gasteiger partial charge in [0.1, 0.15) is 0 Å². The minimum Gasteiger partial charge on any atom is -0.208 e. The zero-order valence-electron chi connectivity index (χ0n) is 30.1. The Morgan fingerprint density at radius 2 is 0.833 bits per heavy atom. The lowest BCUT2D eigenvalue weighted by Gasteiger charge is -2.36. The molecule has 0 N–H and O–H groups in total. The number of nitrogens with zero attached hydrogens (tertiary/aromatic N) is 3. The molecule has 258 valence electrons. The average molecular weight is 694 g/mol. The minimum atomic E-state index is 0.0817. The van der Waals surface area contributed by atoms with E-state index in [1.54, 1.807) is 0 Å². The SMILES string of the molecule is c1ccc(-c2nc(-c3ccc(-c4ccccc4)c(-c4ccccc4)c3)nc(-c3ccccc3-c3cccc4c3-c3ccccc3C43CCCCC3)n2)cc1. The third kappa shape index (κ3) is 5.47. The fourth-order valence-corrected chi connectivity index (χ4v) is 9.09. The lowest BCUT2D eigenvalue weighted by molar-refractivity contribution is 0.353. The first-order chi connectivity index (χ1) is 26.8. The normalized spacial score (nSPS) is 14.1. The highest BCUT2D eigenvalue weighted by Gasteiger charge is 2.44. The molecule has 0 unspecified atom stereocenters. The summed E-state index contributed by atoms with van der Waals surface area (Å²) in [5, 5.41) is 0. The predicted octanol–water partition coefficient (Wildman–Crippen LogP) is 13.1. The van der Waals surface area contributed by atoms with Crippen LogP contribution in [0.5, 0.6) is 0 Å². The molecule has 0 aliphatic heterocycles. The zero-order chi connectivity index (χ0) is 35.9. The first-order valence-corrected chi connectivity index (χ1v) is 19.2. The summed E-state index contributed by atoms with van der Waals surface area (Å²) < 4.78 is 0. The van der Waals surface area contributed by atoms with Crippen LogP contribution in [0.3, 0.4) is 0 Å². The van der Waals surface area contributed by atoms with E-state index in [-0.39, 0.29) is 5.41 Å². The van der Waals surface area contributed by atoms with Crippen molar-refractivity contribution in [3.8, 4) is 78.7 Å². The Kier molecular flexibility index (Phi) is 8.06. The van der Waals surface area contributed by atoms with Crippen LogP contribution in [0.15, 0.2) is 176 Å². The van der Waals surface area contributed by atoms with Crippen LogP contribution in [0.25, 0.3) is 78.7 Å². The van der Waals surface area contributed by atoms with Crippen LogP contribution in [-0.2, 0) is 5.41 Å². The lowest BCUT2D eigenvalue weighted by atomic mass is 9.67. The van der Waals surface area contributed by atoms with Crippen molar-refractivity contribution in [1.29, 1.82) is 0 Å². The Morgan fingerprint density at radius 3 is 1.54 bits per heavy atom. The van der Waals surface area contributed by atoms with E-state index in [0.717, 1.165) is 33.4 Å². The Hall–Kier alpha value is -6.45. The average Bonchev–Trinajstić information content (AvgIpc) is 3.53. The number of benzene rings is 7. The Morgan fingerprint density at radius 1 is 0.315 bits per heavy atom. The maximum absolute atomic E-state index is 5.32. The summed E-state index contributed by atoms with van der Waals surface area (Å²) in [5.41, 5.74) is 15.7. The third-order valence-corrected chi connectivity index (χ3v) is 11.6. The van der Waals surface area contributed by atoms with Crippen LogP contribution >= 0.6 is 0 Å². The van der Waals surface area contributed by atoms with E-state index in [0.29, 0.717) is 17.5 Å². The molecule has 1 heterocycles. The molecule has 3 heteroatoms. The van der Waals surface area contributed by atoms with Gasteiger partial charge in [0, 0.05) is 22.1 Å². The van der Waals surface area contributed by atoms with Crippen molar-refractivity contribution in [3.63, 3.8) is 0 Å². The molecular weight excluding hydrogens is 655 g/mol. The quantitative estimate of drug-likeness (QED) is 0.174. The number of rotatable bonds is 6. The molecule has 8 aromatic rings. The monoisotopic (exact) mass is 693 g/mol. The predicted molar refractivity (Wildman–Crippen MR) is 222 cm³/mol. The van der Waals surface area contributed by atoms with Gasteiger partial charge in [-0.25, -0.2) is 15.0 Å². The van der Waals surface area contributed by atoms with E-state index < -0.39 is 0 Å². The minimum absolute atomic E-state index is 0.0817. The van der Waals surface area contributed by atoms with E-state index in [1.165, 1.54) is 71.0 Å². The van der Waals surface area contributed by atoms with E-state index in [4.69, 9.17) is 15.0 Å². The molecule has 0 radical (unpaired) electrons. The molecule has 7 aromatic carbocycles. The van der Waals surface area contributed by atoms with Crippen LogP contribution in [0.2, 0.25) is 0 Å². The smallest absolute Gasteiger partial charge is 0.164 e. The second kappa shape index (κ2) is 13.5. The van der Waals surface area contributed by atoms with Crippen LogP contribution in [0.4, 0.5) is 0 Å². The molecule has 0 amide bonds. The van der Waals surface area contributed by atoms with Crippen LogP contribution in [0, 0.1) is 0 Å². The number of hydrogen-bond acceptors (Lipinski definition) is 3. The van der Waals surface area contributed by atoms with E-state index in [2.05, 4.69) is 158 Å². The highest BCUT2D eigenvalue weighted by molar-refractivity contribution is 5.96.